The first-order valence-electron chi connectivity index (χ1n) is 6.79. The molecular formula is C17H14Cl2N2O. The Morgan fingerprint density at radius 2 is 1.82 bits per heavy atom. The zero-order valence-corrected chi connectivity index (χ0v) is 13.4. The predicted octanol–water partition coefficient (Wildman–Crippen LogP) is 5.16. The van der Waals surface area contributed by atoms with E-state index in [9.17, 15) is 0 Å². The number of halogens is 2. The first-order valence-corrected chi connectivity index (χ1v) is 7.54. The summed E-state index contributed by atoms with van der Waals surface area (Å²) in [6, 6.07) is 15.2. The summed E-state index contributed by atoms with van der Waals surface area (Å²) in [6.45, 7) is 0.652. The molecular weight excluding hydrogens is 319 g/mol. The van der Waals surface area contributed by atoms with Crippen molar-refractivity contribution in [2.24, 2.45) is 0 Å². The molecule has 2 aromatic carbocycles. The number of anilines is 1. The maximum absolute atomic E-state index is 6.31. The van der Waals surface area contributed by atoms with E-state index in [1.165, 1.54) is 0 Å². The number of nitrogens with one attached hydrogen (secondary N) is 1. The Kier molecular flexibility index (Phi) is 4.36. The Morgan fingerprint density at radius 3 is 2.55 bits per heavy atom. The molecule has 0 atom stereocenters. The summed E-state index contributed by atoms with van der Waals surface area (Å²) in [7, 11) is 1.65. The van der Waals surface area contributed by atoms with Crippen LogP contribution in [0.3, 0.4) is 0 Å². The second-order valence-electron chi connectivity index (χ2n) is 4.82. The fourth-order valence-electron chi connectivity index (χ4n) is 2.22. The van der Waals surface area contributed by atoms with Gasteiger partial charge in [0, 0.05) is 11.9 Å². The molecule has 0 aliphatic heterocycles. The van der Waals surface area contributed by atoms with Crippen LogP contribution >= 0.6 is 23.2 Å². The zero-order chi connectivity index (χ0) is 15.5. The lowest BCUT2D eigenvalue weighted by Gasteiger charge is -2.09. The van der Waals surface area contributed by atoms with E-state index in [1.807, 2.05) is 42.5 Å². The molecule has 112 valence electrons. The van der Waals surface area contributed by atoms with E-state index < -0.39 is 0 Å². The summed E-state index contributed by atoms with van der Waals surface area (Å²) < 4.78 is 5.14. The highest BCUT2D eigenvalue weighted by Gasteiger charge is 2.07. The lowest BCUT2D eigenvalue weighted by molar-refractivity contribution is 0.414. The van der Waals surface area contributed by atoms with Crippen LogP contribution in [-0.4, -0.2) is 12.1 Å². The predicted molar refractivity (Wildman–Crippen MR) is 92.1 cm³/mol. The average Bonchev–Trinajstić information content (AvgIpc) is 2.53. The van der Waals surface area contributed by atoms with Gasteiger partial charge in [0.05, 0.1) is 22.7 Å². The zero-order valence-electron chi connectivity index (χ0n) is 11.9. The Balaban J connectivity index is 1.81. The second kappa shape index (κ2) is 6.42. The molecule has 0 fully saturated rings. The molecule has 3 rings (SSSR count). The highest BCUT2D eigenvalue weighted by atomic mass is 35.5. The van der Waals surface area contributed by atoms with Crippen molar-refractivity contribution in [2.75, 3.05) is 12.4 Å². The molecule has 0 aliphatic carbocycles. The minimum atomic E-state index is 0.591. The maximum atomic E-state index is 6.31. The number of hydrogen-bond acceptors (Lipinski definition) is 3. The van der Waals surface area contributed by atoms with Gasteiger partial charge in [-0.3, -0.25) is 0 Å². The van der Waals surface area contributed by atoms with E-state index in [-0.39, 0.29) is 0 Å². The highest BCUT2D eigenvalue weighted by Crippen LogP contribution is 2.31. The van der Waals surface area contributed by atoms with Crippen LogP contribution in [0.2, 0.25) is 10.0 Å². The van der Waals surface area contributed by atoms with Crippen molar-refractivity contribution in [2.45, 2.75) is 6.54 Å². The Bertz CT molecular complexity index is 804. The summed E-state index contributed by atoms with van der Waals surface area (Å²) in [5.74, 6) is 1.56. The van der Waals surface area contributed by atoms with Crippen molar-refractivity contribution in [1.82, 2.24) is 4.98 Å². The molecule has 0 spiro atoms. The number of fused-ring (bicyclic) bond motifs is 1. The van der Waals surface area contributed by atoms with Crippen LogP contribution in [0.15, 0.2) is 48.5 Å². The number of benzene rings is 2. The minimum Gasteiger partial charge on any atom is -0.497 e. The molecule has 0 unspecified atom stereocenters. The molecule has 22 heavy (non-hydrogen) atoms. The molecule has 5 heteroatoms. The van der Waals surface area contributed by atoms with Crippen molar-refractivity contribution in [1.29, 1.82) is 0 Å². The van der Waals surface area contributed by atoms with Gasteiger partial charge >= 0.3 is 0 Å². The fraction of sp³-hybridized carbons (Fsp3) is 0.118. The third-order valence-corrected chi connectivity index (χ3v) is 3.98. The Labute approximate surface area is 138 Å². The van der Waals surface area contributed by atoms with Crippen molar-refractivity contribution < 1.29 is 4.74 Å². The standard InChI is InChI=1S/C17H14Cl2N2O/c1-22-12-7-5-11(6-8-12)10-20-16-9-14(19)17-13(18)3-2-4-15(17)21-16/h2-9H,10H2,1H3,(H,20,21). The summed E-state index contributed by atoms with van der Waals surface area (Å²) in [6.07, 6.45) is 0. The fourth-order valence-corrected chi connectivity index (χ4v) is 2.84. The van der Waals surface area contributed by atoms with E-state index in [0.717, 1.165) is 28.0 Å². The van der Waals surface area contributed by atoms with Gasteiger partial charge in [-0.1, -0.05) is 41.4 Å². The minimum absolute atomic E-state index is 0.591. The molecule has 0 saturated carbocycles. The van der Waals surface area contributed by atoms with Gasteiger partial charge in [0.25, 0.3) is 0 Å². The smallest absolute Gasteiger partial charge is 0.128 e. The van der Waals surface area contributed by atoms with E-state index in [4.69, 9.17) is 27.9 Å². The van der Waals surface area contributed by atoms with Gasteiger partial charge < -0.3 is 10.1 Å². The quantitative estimate of drug-likeness (QED) is 0.716. The van der Waals surface area contributed by atoms with Crippen LogP contribution < -0.4 is 10.1 Å². The number of aromatic nitrogens is 1. The van der Waals surface area contributed by atoms with E-state index in [2.05, 4.69) is 10.3 Å². The summed E-state index contributed by atoms with van der Waals surface area (Å²) in [5.41, 5.74) is 1.90. The van der Waals surface area contributed by atoms with Gasteiger partial charge in [-0.05, 0) is 35.9 Å². The van der Waals surface area contributed by atoms with E-state index >= 15 is 0 Å². The maximum Gasteiger partial charge on any atom is 0.128 e. The number of rotatable bonds is 4. The SMILES string of the molecule is COc1ccc(CNc2cc(Cl)c3c(Cl)cccc3n2)cc1. The van der Waals surface area contributed by atoms with Crippen molar-refractivity contribution in [3.05, 3.63) is 64.1 Å². The van der Waals surface area contributed by atoms with Crippen molar-refractivity contribution in [3.63, 3.8) is 0 Å². The van der Waals surface area contributed by atoms with Crippen LogP contribution in [0.5, 0.6) is 5.75 Å². The van der Waals surface area contributed by atoms with Crippen LogP contribution in [0.25, 0.3) is 10.9 Å². The van der Waals surface area contributed by atoms with Crippen LogP contribution in [0.4, 0.5) is 5.82 Å². The van der Waals surface area contributed by atoms with Gasteiger partial charge in [0.2, 0.25) is 0 Å². The van der Waals surface area contributed by atoms with Gasteiger partial charge in [0.1, 0.15) is 11.6 Å². The largest absolute Gasteiger partial charge is 0.497 e. The van der Waals surface area contributed by atoms with Crippen molar-refractivity contribution >= 4 is 39.9 Å². The van der Waals surface area contributed by atoms with Gasteiger partial charge in [-0.15, -0.1) is 0 Å². The number of hydrogen-bond donors (Lipinski definition) is 1. The average molecular weight is 333 g/mol. The monoisotopic (exact) mass is 332 g/mol. The van der Waals surface area contributed by atoms with Gasteiger partial charge in [-0.2, -0.15) is 0 Å². The molecule has 3 aromatic rings. The molecule has 1 N–H and O–H groups in total. The molecule has 0 bridgehead atoms. The second-order valence-corrected chi connectivity index (χ2v) is 5.64. The number of nitrogens with zero attached hydrogens (tertiary/aromatic N) is 1. The first-order chi connectivity index (χ1) is 10.7. The Hall–Kier alpha value is -1.97. The molecule has 0 amide bonds. The first kappa shape index (κ1) is 14.9. The third-order valence-electron chi connectivity index (χ3n) is 3.37. The van der Waals surface area contributed by atoms with Crippen LogP contribution in [0, 0.1) is 0 Å². The molecule has 0 radical (unpaired) electrons. The molecule has 3 nitrogen and oxygen atoms in total. The van der Waals surface area contributed by atoms with E-state index in [0.29, 0.717) is 16.6 Å². The van der Waals surface area contributed by atoms with Crippen molar-refractivity contribution in [3.8, 4) is 5.75 Å². The summed E-state index contributed by atoms with van der Waals surface area (Å²) >= 11 is 12.5. The number of ether oxygens (including phenoxy) is 1. The number of methoxy groups -OCH3 is 1. The lowest BCUT2D eigenvalue weighted by atomic mass is 10.2. The summed E-state index contributed by atoms with van der Waals surface area (Å²) in [4.78, 5) is 4.54. The van der Waals surface area contributed by atoms with Crippen LogP contribution in [0.1, 0.15) is 5.56 Å². The van der Waals surface area contributed by atoms with E-state index in [1.54, 1.807) is 13.2 Å². The lowest BCUT2D eigenvalue weighted by Crippen LogP contribution is -2.01. The Morgan fingerprint density at radius 1 is 1.05 bits per heavy atom. The van der Waals surface area contributed by atoms with Crippen LogP contribution in [-0.2, 0) is 6.54 Å². The normalized spacial score (nSPS) is 10.7. The molecule has 0 saturated heterocycles. The highest BCUT2D eigenvalue weighted by molar-refractivity contribution is 6.42. The number of pyridine rings is 1. The molecule has 1 aromatic heterocycles. The third kappa shape index (κ3) is 3.11. The van der Waals surface area contributed by atoms with Gasteiger partial charge in [0.15, 0.2) is 0 Å². The molecule has 1 heterocycles. The van der Waals surface area contributed by atoms with Gasteiger partial charge in [-0.25, -0.2) is 4.98 Å². The molecule has 0 aliphatic rings. The summed E-state index contributed by atoms with van der Waals surface area (Å²) in [5, 5.41) is 5.25. The topological polar surface area (TPSA) is 34.1 Å².